The quantitative estimate of drug-likeness (QED) is 0.524. The summed E-state index contributed by atoms with van der Waals surface area (Å²) in [5.41, 5.74) is 0.141. The van der Waals surface area contributed by atoms with Crippen LogP contribution in [0.3, 0.4) is 0 Å². The molecule has 0 amide bonds. The Bertz CT molecular complexity index is 78.6. The van der Waals surface area contributed by atoms with Gasteiger partial charge in [-0.15, -0.1) is 11.6 Å². The molecule has 1 fully saturated rings. The van der Waals surface area contributed by atoms with Crippen LogP contribution >= 0.6 is 11.6 Å². The molecule has 1 unspecified atom stereocenters. The van der Waals surface area contributed by atoms with E-state index in [4.69, 9.17) is 16.3 Å². The molecule has 0 spiro atoms. The first-order valence-corrected chi connectivity index (χ1v) is 3.50. The lowest BCUT2D eigenvalue weighted by molar-refractivity contribution is -0.134. The van der Waals surface area contributed by atoms with Crippen molar-refractivity contribution in [1.29, 1.82) is 0 Å². The summed E-state index contributed by atoms with van der Waals surface area (Å²) in [4.78, 5) is 0. The van der Waals surface area contributed by atoms with Gasteiger partial charge in [0, 0.05) is 5.88 Å². The Labute approximate surface area is 55.0 Å². The van der Waals surface area contributed by atoms with Crippen LogP contribution in [0, 0.1) is 0 Å². The molecule has 0 aromatic heterocycles. The fraction of sp³-hybridized carbons (Fsp3) is 1.00. The molecule has 1 heterocycles. The summed E-state index contributed by atoms with van der Waals surface area (Å²) >= 11 is 5.52. The van der Waals surface area contributed by atoms with E-state index in [1.165, 1.54) is 6.42 Å². The molecule has 1 rings (SSSR count). The third-order valence-electron chi connectivity index (χ3n) is 1.70. The predicted molar refractivity (Wildman–Crippen MR) is 34.3 cm³/mol. The minimum Gasteiger partial charge on any atom is -0.375 e. The third kappa shape index (κ3) is 1.15. The molecule has 2 heteroatoms. The van der Waals surface area contributed by atoms with E-state index in [-0.39, 0.29) is 5.60 Å². The monoisotopic (exact) mass is 134 g/mol. The van der Waals surface area contributed by atoms with Crippen molar-refractivity contribution < 1.29 is 4.74 Å². The molecule has 0 aromatic rings. The number of hydrogen-bond acceptors (Lipinski definition) is 1. The van der Waals surface area contributed by atoms with Crippen LogP contribution < -0.4 is 0 Å². The Morgan fingerprint density at radius 3 is 2.50 bits per heavy atom. The summed E-state index contributed by atoms with van der Waals surface area (Å²) in [6, 6.07) is 0. The maximum Gasteiger partial charge on any atom is 0.0687 e. The molecule has 8 heavy (non-hydrogen) atoms. The smallest absolute Gasteiger partial charge is 0.0687 e. The third-order valence-corrected chi connectivity index (χ3v) is 1.89. The fourth-order valence-corrected chi connectivity index (χ4v) is 1.25. The van der Waals surface area contributed by atoms with Gasteiger partial charge in [-0.25, -0.2) is 0 Å². The van der Waals surface area contributed by atoms with Crippen molar-refractivity contribution in [2.75, 3.05) is 12.5 Å². The zero-order valence-corrected chi connectivity index (χ0v) is 5.87. The lowest BCUT2D eigenvalue weighted by atomic mass is 9.95. The number of alkyl halides is 1. The SMILES string of the molecule is CC1(CCCl)CCO1. The van der Waals surface area contributed by atoms with Gasteiger partial charge in [-0.2, -0.15) is 0 Å². The second kappa shape index (κ2) is 2.24. The van der Waals surface area contributed by atoms with Crippen LogP contribution in [0.5, 0.6) is 0 Å². The van der Waals surface area contributed by atoms with Gasteiger partial charge in [0.25, 0.3) is 0 Å². The molecule has 1 atom stereocenters. The van der Waals surface area contributed by atoms with Crippen LogP contribution in [0.4, 0.5) is 0 Å². The highest BCUT2D eigenvalue weighted by Crippen LogP contribution is 2.29. The van der Waals surface area contributed by atoms with E-state index in [2.05, 4.69) is 6.92 Å². The molecule has 0 N–H and O–H groups in total. The average Bonchev–Trinajstić information content (AvgIpc) is 1.64. The Balaban J connectivity index is 2.20. The van der Waals surface area contributed by atoms with Crippen LogP contribution in [0.1, 0.15) is 19.8 Å². The van der Waals surface area contributed by atoms with E-state index in [0.717, 1.165) is 18.9 Å². The second-order valence-electron chi connectivity index (χ2n) is 2.49. The lowest BCUT2D eigenvalue weighted by Gasteiger charge is -2.38. The summed E-state index contributed by atoms with van der Waals surface area (Å²) in [6.45, 7) is 3.03. The van der Waals surface area contributed by atoms with Crippen molar-refractivity contribution >= 4 is 11.6 Å². The predicted octanol–water partition coefficient (Wildman–Crippen LogP) is 1.79. The topological polar surface area (TPSA) is 9.23 Å². The normalized spacial score (nSPS) is 36.8. The van der Waals surface area contributed by atoms with Gasteiger partial charge in [0.1, 0.15) is 0 Å². The van der Waals surface area contributed by atoms with Gasteiger partial charge in [-0.3, -0.25) is 0 Å². The van der Waals surface area contributed by atoms with Crippen molar-refractivity contribution in [2.45, 2.75) is 25.4 Å². The van der Waals surface area contributed by atoms with Gasteiger partial charge in [0.2, 0.25) is 0 Å². The Hall–Kier alpha value is 0.250. The standard InChI is InChI=1S/C6H11ClO/c1-6(2-4-7)3-5-8-6/h2-5H2,1H3. The molecular weight excluding hydrogens is 124 g/mol. The first-order chi connectivity index (χ1) is 3.77. The van der Waals surface area contributed by atoms with Gasteiger partial charge in [-0.1, -0.05) is 0 Å². The van der Waals surface area contributed by atoms with E-state index in [9.17, 15) is 0 Å². The number of rotatable bonds is 2. The number of halogens is 1. The first-order valence-electron chi connectivity index (χ1n) is 2.97. The molecular formula is C6H11ClO. The van der Waals surface area contributed by atoms with Crippen molar-refractivity contribution in [3.8, 4) is 0 Å². The van der Waals surface area contributed by atoms with Gasteiger partial charge >= 0.3 is 0 Å². The summed E-state index contributed by atoms with van der Waals surface area (Å²) in [5.74, 6) is 0.719. The van der Waals surface area contributed by atoms with Gasteiger partial charge < -0.3 is 4.74 Å². The molecule has 1 nitrogen and oxygen atoms in total. The second-order valence-corrected chi connectivity index (χ2v) is 2.87. The lowest BCUT2D eigenvalue weighted by Crippen LogP contribution is -2.40. The molecule has 0 aromatic carbocycles. The van der Waals surface area contributed by atoms with Crippen LogP contribution in [0.25, 0.3) is 0 Å². The zero-order valence-electron chi connectivity index (χ0n) is 5.11. The average molecular weight is 135 g/mol. The van der Waals surface area contributed by atoms with E-state index >= 15 is 0 Å². The molecule has 1 saturated heterocycles. The largest absolute Gasteiger partial charge is 0.375 e. The maximum absolute atomic E-state index is 5.52. The molecule has 1 aliphatic rings. The summed E-state index contributed by atoms with van der Waals surface area (Å²) in [7, 11) is 0. The minimum absolute atomic E-state index is 0.141. The number of ether oxygens (including phenoxy) is 1. The van der Waals surface area contributed by atoms with E-state index in [1.807, 2.05) is 0 Å². The highest BCUT2D eigenvalue weighted by Gasteiger charge is 2.31. The van der Waals surface area contributed by atoms with Crippen LogP contribution in [0.2, 0.25) is 0 Å². The Morgan fingerprint density at radius 2 is 2.38 bits per heavy atom. The highest BCUT2D eigenvalue weighted by molar-refractivity contribution is 6.17. The minimum atomic E-state index is 0.141. The van der Waals surface area contributed by atoms with Crippen LogP contribution in [0.15, 0.2) is 0 Å². The van der Waals surface area contributed by atoms with E-state index in [1.54, 1.807) is 0 Å². The van der Waals surface area contributed by atoms with Gasteiger partial charge in [0.05, 0.1) is 12.2 Å². The number of hydrogen-bond donors (Lipinski definition) is 0. The van der Waals surface area contributed by atoms with Crippen LogP contribution in [-0.4, -0.2) is 18.1 Å². The summed E-state index contributed by atoms with van der Waals surface area (Å²) < 4.78 is 5.27. The highest BCUT2D eigenvalue weighted by atomic mass is 35.5. The first kappa shape index (κ1) is 6.37. The van der Waals surface area contributed by atoms with Crippen molar-refractivity contribution in [1.82, 2.24) is 0 Å². The summed E-state index contributed by atoms with van der Waals surface area (Å²) in [5, 5.41) is 0. The van der Waals surface area contributed by atoms with E-state index in [0.29, 0.717) is 0 Å². The van der Waals surface area contributed by atoms with Gasteiger partial charge in [0.15, 0.2) is 0 Å². The molecule has 0 saturated carbocycles. The Morgan fingerprint density at radius 1 is 1.75 bits per heavy atom. The Kier molecular flexibility index (Phi) is 1.78. The fourth-order valence-electron chi connectivity index (χ4n) is 0.848. The van der Waals surface area contributed by atoms with Gasteiger partial charge in [-0.05, 0) is 19.8 Å². The molecule has 0 aliphatic carbocycles. The van der Waals surface area contributed by atoms with Crippen molar-refractivity contribution in [3.05, 3.63) is 0 Å². The molecule has 48 valence electrons. The van der Waals surface area contributed by atoms with Crippen LogP contribution in [-0.2, 0) is 4.74 Å². The molecule has 1 aliphatic heterocycles. The van der Waals surface area contributed by atoms with Crippen molar-refractivity contribution in [3.63, 3.8) is 0 Å². The molecule has 0 bridgehead atoms. The maximum atomic E-state index is 5.52. The van der Waals surface area contributed by atoms with E-state index < -0.39 is 0 Å². The summed E-state index contributed by atoms with van der Waals surface area (Å²) in [6.07, 6.45) is 2.17. The zero-order chi connectivity index (χ0) is 6.04. The van der Waals surface area contributed by atoms with Crippen molar-refractivity contribution in [2.24, 2.45) is 0 Å². The molecule has 0 radical (unpaired) electrons.